The van der Waals surface area contributed by atoms with Crippen LogP contribution in [0.15, 0.2) is 31.0 Å². The summed E-state index contributed by atoms with van der Waals surface area (Å²) < 4.78 is 0. The summed E-state index contributed by atoms with van der Waals surface area (Å²) in [5.74, 6) is 1.13. The maximum absolute atomic E-state index is 4.67. The lowest BCUT2D eigenvalue weighted by molar-refractivity contribution is 0.171. The molecule has 0 radical (unpaired) electrons. The average Bonchev–Trinajstić information content (AvgIpc) is 2.56. The van der Waals surface area contributed by atoms with E-state index in [2.05, 4.69) is 44.0 Å². The summed E-state index contributed by atoms with van der Waals surface area (Å²) >= 11 is 0. The molecule has 0 unspecified atom stereocenters. The normalized spacial score (nSPS) is 16.9. The van der Waals surface area contributed by atoms with E-state index in [1.807, 2.05) is 12.3 Å². The molecule has 0 aliphatic carbocycles. The van der Waals surface area contributed by atoms with Gasteiger partial charge in [0.25, 0.3) is 0 Å². The number of anilines is 2. The van der Waals surface area contributed by atoms with E-state index in [9.17, 15) is 0 Å². The molecular weight excluding hydrogens is 276 g/mol. The van der Waals surface area contributed by atoms with Crippen molar-refractivity contribution in [1.82, 2.24) is 24.8 Å². The summed E-state index contributed by atoms with van der Waals surface area (Å²) in [5, 5.41) is 3.15. The summed E-state index contributed by atoms with van der Waals surface area (Å²) in [6, 6.07) is 2.66. The lowest BCUT2D eigenvalue weighted by Gasteiger charge is -2.34. The van der Waals surface area contributed by atoms with E-state index in [4.69, 9.17) is 0 Å². The van der Waals surface area contributed by atoms with Crippen molar-refractivity contribution >= 4 is 11.6 Å². The molecule has 0 amide bonds. The van der Waals surface area contributed by atoms with E-state index in [1.165, 1.54) is 6.33 Å². The van der Waals surface area contributed by atoms with Gasteiger partial charge in [0, 0.05) is 23.9 Å². The second-order valence-electron chi connectivity index (χ2n) is 5.96. The third kappa shape index (κ3) is 3.57. The molecule has 0 aromatic carbocycles. The smallest absolute Gasteiger partial charge is 0.227 e. The molecule has 0 atom stereocenters. The van der Waals surface area contributed by atoms with Crippen molar-refractivity contribution in [3.63, 3.8) is 0 Å². The number of nitrogens with zero attached hydrogens (tertiary/aromatic N) is 5. The first-order chi connectivity index (χ1) is 10.7. The van der Waals surface area contributed by atoms with Gasteiger partial charge in [-0.25, -0.2) is 19.9 Å². The van der Waals surface area contributed by atoms with Crippen LogP contribution in [0.3, 0.4) is 0 Å². The second kappa shape index (κ2) is 6.79. The van der Waals surface area contributed by atoms with Crippen LogP contribution >= 0.6 is 0 Å². The third-order valence-corrected chi connectivity index (χ3v) is 4.17. The summed E-state index contributed by atoms with van der Waals surface area (Å²) in [7, 11) is 0. The zero-order chi connectivity index (χ0) is 15.4. The predicted octanol–water partition coefficient (Wildman–Crippen LogP) is 2.60. The molecule has 0 bridgehead atoms. The van der Waals surface area contributed by atoms with Gasteiger partial charge in [-0.3, -0.25) is 0 Å². The van der Waals surface area contributed by atoms with Gasteiger partial charge in [0.2, 0.25) is 5.95 Å². The Balaban J connectivity index is 1.67. The van der Waals surface area contributed by atoms with Gasteiger partial charge >= 0.3 is 0 Å². The van der Waals surface area contributed by atoms with Crippen LogP contribution in [0.2, 0.25) is 0 Å². The molecule has 1 aliphatic rings. The van der Waals surface area contributed by atoms with E-state index < -0.39 is 0 Å². The highest BCUT2D eigenvalue weighted by Gasteiger charge is 2.23. The van der Waals surface area contributed by atoms with Crippen molar-refractivity contribution in [3.8, 4) is 0 Å². The van der Waals surface area contributed by atoms with E-state index >= 15 is 0 Å². The topological polar surface area (TPSA) is 66.8 Å². The molecule has 1 aliphatic heterocycles. The highest BCUT2D eigenvalue weighted by atomic mass is 15.2. The maximum Gasteiger partial charge on any atom is 0.227 e. The van der Waals surface area contributed by atoms with E-state index in [1.54, 1.807) is 12.4 Å². The molecule has 2 aromatic heterocycles. The number of hydrogen-bond acceptors (Lipinski definition) is 6. The van der Waals surface area contributed by atoms with Crippen LogP contribution in [0.25, 0.3) is 0 Å². The Bertz CT molecular complexity index is 593. The fourth-order valence-corrected chi connectivity index (χ4v) is 2.86. The van der Waals surface area contributed by atoms with Crippen LogP contribution in [0.1, 0.15) is 38.3 Å². The molecule has 6 nitrogen and oxygen atoms in total. The lowest BCUT2D eigenvalue weighted by Crippen LogP contribution is -2.38. The summed E-state index contributed by atoms with van der Waals surface area (Å²) in [6.45, 7) is 6.80. The molecular formula is C16H22N6. The summed E-state index contributed by atoms with van der Waals surface area (Å²) in [5.41, 5.74) is 1.92. The number of rotatable bonds is 4. The van der Waals surface area contributed by atoms with Crippen molar-refractivity contribution in [2.45, 2.75) is 38.6 Å². The Labute approximate surface area is 131 Å². The largest absolute Gasteiger partial charge is 0.322 e. The monoisotopic (exact) mass is 298 g/mol. The van der Waals surface area contributed by atoms with Crippen LogP contribution in [-0.2, 0) is 0 Å². The first-order valence-electron chi connectivity index (χ1n) is 7.81. The highest BCUT2D eigenvalue weighted by molar-refractivity contribution is 5.49. The van der Waals surface area contributed by atoms with E-state index in [0.29, 0.717) is 17.9 Å². The third-order valence-electron chi connectivity index (χ3n) is 4.17. The van der Waals surface area contributed by atoms with Crippen molar-refractivity contribution in [1.29, 1.82) is 0 Å². The van der Waals surface area contributed by atoms with E-state index in [0.717, 1.165) is 37.3 Å². The molecule has 0 spiro atoms. The molecule has 22 heavy (non-hydrogen) atoms. The SMILES string of the molecule is CC(C)N1CCC(c2ccnc(Nc3cncnc3)n2)CC1. The van der Waals surface area contributed by atoms with Gasteiger partial charge in [-0.1, -0.05) is 0 Å². The van der Waals surface area contributed by atoms with Gasteiger partial charge < -0.3 is 10.2 Å². The molecule has 1 fully saturated rings. The molecule has 6 heteroatoms. The number of aromatic nitrogens is 4. The van der Waals surface area contributed by atoms with Gasteiger partial charge in [0.1, 0.15) is 6.33 Å². The zero-order valence-corrected chi connectivity index (χ0v) is 13.1. The molecule has 2 aromatic rings. The Morgan fingerprint density at radius 3 is 2.59 bits per heavy atom. The molecule has 3 heterocycles. The van der Waals surface area contributed by atoms with Gasteiger partial charge in [-0.05, 0) is 45.8 Å². The molecule has 1 saturated heterocycles. The van der Waals surface area contributed by atoms with Crippen LogP contribution in [0.5, 0.6) is 0 Å². The Morgan fingerprint density at radius 1 is 1.18 bits per heavy atom. The first-order valence-corrected chi connectivity index (χ1v) is 7.81. The minimum atomic E-state index is 0.519. The van der Waals surface area contributed by atoms with Gasteiger partial charge in [0.05, 0.1) is 18.1 Å². The predicted molar refractivity (Wildman–Crippen MR) is 86.0 cm³/mol. The second-order valence-corrected chi connectivity index (χ2v) is 5.96. The Morgan fingerprint density at radius 2 is 1.91 bits per heavy atom. The quantitative estimate of drug-likeness (QED) is 0.936. The van der Waals surface area contributed by atoms with Crippen molar-refractivity contribution < 1.29 is 0 Å². The number of hydrogen-bond donors (Lipinski definition) is 1. The van der Waals surface area contributed by atoms with Crippen LogP contribution < -0.4 is 5.32 Å². The lowest BCUT2D eigenvalue weighted by atomic mass is 9.93. The minimum absolute atomic E-state index is 0.519. The zero-order valence-electron chi connectivity index (χ0n) is 13.1. The van der Waals surface area contributed by atoms with Crippen molar-refractivity contribution in [2.24, 2.45) is 0 Å². The average molecular weight is 298 g/mol. The van der Waals surface area contributed by atoms with E-state index in [-0.39, 0.29) is 0 Å². The highest BCUT2D eigenvalue weighted by Crippen LogP contribution is 2.28. The van der Waals surface area contributed by atoms with Crippen LogP contribution in [0.4, 0.5) is 11.6 Å². The number of nitrogens with one attached hydrogen (secondary N) is 1. The molecule has 1 N–H and O–H groups in total. The molecule has 0 saturated carbocycles. The van der Waals surface area contributed by atoms with Gasteiger partial charge in [-0.15, -0.1) is 0 Å². The Hall–Kier alpha value is -2.08. The van der Waals surface area contributed by atoms with Crippen LogP contribution in [-0.4, -0.2) is 44.0 Å². The summed E-state index contributed by atoms with van der Waals surface area (Å²) in [6.07, 6.45) is 9.06. The fourth-order valence-electron chi connectivity index (χ4n) is 2.86. The number of piperidine rings is 1. The number of likely N-dealkylation sites (tertiary alicyclic amines) is 1. The van der Waals surface area contributed by atoms with Gasteiger partial charge in [-0.2, -0.15) is 0 Å². The maximum atomic E-state index is 4.67. The van der Waals surface area contributed by atoms with Crippen molar-refractivity contribution in [2.75, 3.05) is 18.4 Å². The first kappa shape index (κ1) is 14.8. The Kier molecular flexibility index (Phi) is 4.58. The van der Waals surface area contributed by atoms with Gasteiger partial charge in [0.15, 0.2) is 0 Å². The van der Waals surface area contributed by atoms with Crippen molar-refractivity contribution in [3.05, 3.63) is 36.7 Å². The standard InChI is InChI=1S/C16H22N6/c1-12(2)22-7-4-13(5-8-22)15-3-6-19-16(21-15)20-14-9-17-11-18-10-14/h3,6,9-13H,4-5,7-8H2,1-2H3,(H,19,20,21). The molecule has 3 rings (SSSR count). The fraction of sp³-hybridized carbons (Fsp3) is 0.500. The van der Waals surface area contributed by atoms with Crippen LogP contribution in [0, 0.1) is 0 Å². The minimum Gasteiger partial charge on any atom is -0.322 e. The summed E-state index contributed by atoms with van der Waals surface area (Å²) in [4.78, 5) is 19.4. The molecule has 116 valence electrons.